The number of hydrogen-bond acceptors (Lipinski definition) is 2. The summed E-state index contributed by atoms with van der Waals surface area (Å²) < 4.78 is 0. The summed E-state index contributed by atoms with van der Waals surface area (Å²) in [6.07, 6.45) is 1.12. The minimum Gasteiger partial charge on any atom is -0.326 e. The van der Waals surface area contributed by atoms with Gasteiger partial charge in [0.1, 0.15) is 0 Å². The smallest absolute Gasteiger partial charge is 0.227 e. The molecule has 0 heterocycles. The Labute approximate surface area is 123 Å². The number of carbonyl (C=O) groups excluding carboxylic acids is 1. The molecule has 0 fully saturated rings. The molecule has 0 spiro atoms. The van der Waals surface area contributed by atoms with Gasteiger partial charge in [-0.25, -0.2) is 0 Å². The molecule has 0 bridgehead atoms. The van der Waals surface area contributed by atoms with E-state index >= 15 is 0 Å². The van der Waals surface area contributed by atoms with Gasteiger partial charge in [-0.05, 0) is 43.5 Å². The summed E-state index contributed by atoms with van der Waals surface area (Å²) in [6.45, 7) is 11.4. The Bertz CT molecular complexity index is 429. The first-order valence-electron chi connectivity index (χ1n) is 7.59. The molecule has 0 saturated carbocycles. The Morgan fingerprint density at radius 1 is 1.20 bits per heavy atom. The second-order valence-electron chi connectivity index (χ2n) is 5.82. The van der Waals surface area contributed by atoms with Crippen molar-refractivity contribution in [2.75, 3.05) is 11.9 Å². The van der Waals surface area contributed by atoms with Gasteiger partial charge in [-0.2, -0.15) is 0 Å². The molecule has 1 aromatic carbocycles. The van der Waals surface area contributed by atoms with E-state index in [4.69, 9.17) is 0 Å². The maximum atomic E-state index is 12.1. The first-order chi connectivity index (χ1) is 9.45. The Kier molecular flexibility index (Phi) is 6.73. The van der Waals surface area contributed by atoms with Crippen LogP contribution < -0.4 is 10.6 Å². The lowest BCUT2D eigenvalue weighted by molar-refractivity contribution is -0.120. The van der Waals surface area contributed by atoms with Crippen molar-refractivity contribution >= 4 is 11.6 Å². The predicted molar refractivity (Wildman–Crippen MR) is 85.8 cm³/mol. The first kappa shape index (κ1) is 16.7. The minimum atomic E-state index is 0.0225. The third kappa shape index (κ3) is 4.97. The van der Waals surface area contributed by atoms with Crippen molar-refractivity contribution in [1.29, 1.82) is 0 Å². The number of benzene rings is 1. The zero-order valence-corrected chi connectivity index (χ0v) is 13.4. The first-order valence-corrected chi connectivity index (χ1v) is 7.59. The van der Waals surface area contributed by atoms with Crippen LogP contribution in [0.15, 0.2) is 24.3 Å². The van der Waals surface area contributed by atoms with Crippen molar-refractivity contribution in [2.24, 2.45) is 11.8 Å². The van der Waals surface area contributed by atoms with Gasteiger partial charge >= 0.3 is 0 Å². The van der Waals surface area contributed by atoms with Crippen LogP contribution in [0.1, 0.15) is 52.6 Å². The van der Waals surface area contributed by atoms with Crippen molar-refractivity contribution in [3.05, 3.63) is 29.8 Å². The zero-order valence-electron chi connectivity index (χ0n) is 13.4. The average molecular weight is 276 g/mol. The lowest BCUT2D eigenvalue weighted by atomic mass is 9.97. The molecule has 112 valence electrons. The molecular formula is C17H28N2O. The molecular weight excluding hydrogens is 248 g/mol. The molecule has 0 saturated heterocycles. The number of carbonyl (C=O) groups is 1. The molecule has 0 radical (unpaired) electrons. The van der Waals surface area contributed by atoms with Crippen molar-refractivity contribution in [2.45, 2.75) is 47.1 Å². The largest absolute Gasteiger partial charge is 0.326 e. The van der Waals surface area contributed by atoms with Crippen LogP contribution in [0.3, 0.4) is 0 Å². The SMILES string of the molecule is CCCNC(C)c1cccc(NC(=O)C(C)C(C)C)c1. The van der Waals surface area contributed by atoms with E-state index in [1.807, 2.05) is 19.1 Å². The summed E-state index contributed by atoms with van der Waals surface area (Å²) in [5.41, 5.74) is 2.08. The fraction of sp³-hybridized carbons (Fsp3) is 0.588. The van der Waals surface area contributed by atoms with Gasteiger partial charge in [-0.15, -0.1) is 0 Å². The van der Waals surface area contributed by atoms with E-state index in [0.717, 1.165) is 18.7 Å². The van der Waals surface area contributed by atoms with Gasteiger partial charge in [-0.3, -0.25) is 4.79 Å². The maximum Gasteiger partial charge on any atom is 0.227 e. The Hall–Kier alpha value is -1.35. The van der Waals surface area contributed by atoms with Crippen molar-refractivity contribution < 1.29 is 4.79 Å². The van der Waals surface area contributed by atoms with Gasteiger partial charge in [0.2, 0.25) is 5.91 Å². The predicted octanol–water partition coefficient (Wildman–Crippen LogP) is 3.98. The van der Waals surface area contributed by atoms with Crippen LogP contribution in [0.2, 0.25) is 0 Å². The van der Waals surface area contributed by atoms with Crippen molar-refractivity contribution in [3.63, 3.8) is 0 Å². The molecule has 1 aromatic rings. The maximum absolute atomic E-state index is 12.1. The van der Waals surface area contributed by atoms with Crippen LogP contribution in [-0.2, 0) is 4.79 Å². The fourth-order valence-corrected chi connectivity index (χ4v) is 1.92. The molecule has 0 aliphatic carbocycles. The molecule has 0 aliphatic rings. The van der Waals surface area contributed by atoms with Gasteiger partial charge in [0.05, 0.1) is 0 Å². The third-order valence-electron chi connectivity index (χ3n) is 3.77. The van der Waals surface area contributed by atoms with E-state index in [-0.39, 0.29) is 11.8 Å². The number of rotatable bonds is 7. The highest BCUT2D eigenvalue weighted by Crippen LogP contribution is 2.19. The molecule has 20 heavy (non-hydrogen) atoms. The standard InChI is InChI=1S/C17H28N2O/c1-6-10-18-14(5)15-8-7-9-16(11-15)19-17(20)13(4)12(2)3/h7-9,11-14,18H,6,10H2,1-5H3,(H,19,20). The van der Waals surface area contributed by atoms with Crippen molar-refractivity contribution in [1.82, 2.24) is 5.32 Å². The van der Waals surface area contributed by atoms with Crippen LogP contribution >= 0.6 is 0 Å². The molecule has 1 amide bonds. The monoisotopic (exact) mass is 276 g/mol. The molecule has 3 heteroatoms. The van der Waals surface area contributed by atoms with Gasteiger partial charge in [0.15, 0.2) is 0 Å². The lowest BCUT2D eigenvalue weighted by Crippen LogP contribution is -2.24. The normalized spacial score (nSPS) is 14.1. The van der Waals surface area contributed by atoms with Gasteiger partial charge < -0.3 is 10.6 Å². The summed E-state index contributed by atoms with van der Waals surface area (Å²) >= 11 is 0. The molecule has 0 aromatic heterocycles. The van der Waals surface area contributed by atoms with E-state index in [0.29, 0.717) is 12.0 Å². The molecule has 0 aliphatic heterocycles. The Morgan fingerprint density at radius 3 is 2.50 bits per heavy atom. The average Bonchev–Trinajstić information content (AvgIpc) is 2.43. The minimum absolute atomic E-state index is 0.0225. The van der Waals surface area contributed by atoms with Crippen LogP contribution in [0.25, 0.3) is 0 Å². The van der Waals surface area contributed by atoms with Crippen LogP contribution in [-0.4, -0.2) is 12.5 Å². The van der Waals surface area contributed by atoms with Crippen LogP contribution in [0.4, 0.5) is 5.69 Å². The van der Waals surface area contributed by atoms with E-state index in [1.165, 1.54) is 5.56 Å². The van der Waals surface area contributed by atoms with Gasteiger partial charge in [0, 0.05) is 17.6 Å². The van der Waals surface area contributed by atoms with E-state index in [1.54, 1.807) is 0 Å². The Balaban J connectivity index is 2.70. The molecule has 2 N–H and O–H groups in total. The number of nitrogens with one attached hydrogen (secondary N) is 2. The highest BCUT2D eigenvalue weighted by atomic mass is 16.1. The fourth-order valence-electron chi connectivity index (χ4n) is 1.92. The molecule has 2 unspecified atom stereocenters. The quantitative estimate of drug-likeness (QED) is 0.791. The zero-order chi connectivity index (χ0) is 15.1. The summed E-state index contributed by atoms with van der Waals surface area (Å²) in [5, 5.41) is 6.47. The Morgan fingerprint density at radius 2 is 1.90 bits per heavy atom. The summed E-state index contributed by atoms with van der Waals surface area (Å²) in [6, 6.07) is 8.39. The van der Waals surface area contributed by atoms with E-state index in [2.05, 4.69) is 50.5 Å². The van der Waals surface area contributed by atoms with Crippen LogP contribution in [0.5, 0.6) is 0 Å². The molecule has 2 atom stereocenters. The second kappa shape index (κ2) is 8.05. The highest BCUT2D eigenvalue weighted by Gasteiger charge is 2.16. The number of anilines is 1. The number of amides is 1. The topological polar surface area (TPSA) is 41.1 Å². The van der Waals surface area contributed by atoms with Gasteiger partial charge in [0.25, 0.3) is 0 Å². The summed E-state index contributed by atoms with van der Waals surface area (Å²) in [4.78, 5) is 12.1. The van der Waals surface area contributed by atoms with Crippen LogP contribution in [0, 0.1) is 11.8 Å². The third-order valence-corrected chi connectivity index (χ3v) is 3.77. The van der Waals surface area contributed by atoms with Gasteiger partial charge in [-0.1, -0.05) is 39.8 Å². The van der Waals surface area contributed by atoms with E-state index < -0.39 is 0 Å². The summed E-state index contributed by atoms with van der Waals surface area (Å²) in [5.74, 6) is 0.462. The summed E-state index contributed by atoms with van der Waals surface area (Å²) in [7, 11) is 0. The molecule has 3 nitrogen and oxygen atoms in total. The highest BCUT2D eigenvalue weighted by molar-refractivity contribution is 5.92. The lowest BCUT2D eigenvalue weighted by Gasteiger charge is -2.17. The van der Waals surface area contributed by atoms with E-state index in [9.17, 15) is 4.79 Å². The number of hydrogen-bond donors (Lipinski definition) is 2. The van der Waals surface area contributed by atoms with Crippen molar-refractivity contribution in [3.8, 4) is 0 Å². The molecule has 1 rings (SSSR count). The second-order valence-corrected chi connectivity index (χ2v) is 5.82.